The van der Waals surface area contributed by atoms with Gasteiger partial charge in [-0.3, -0.25) is 4.79 Å². The number of aliphatic carboxylic acids is 1. The highest BCUT2D eigenvalue weighted by Gasteiger charge is 2.33. The zero-order valence-corrected chi connectivity index (χ0v) is 12.7. The summed E-state index contributed by atoms with van der Waals surface area (Å²) < 4.78 is 1.86. The van der Waals surface area contributed by atoms with Crippen molar-refractivity contribution >= 4 is 22.8 Å². The van der Waals surface area contributed by atoms with E-state index in [1.54, 1.807) is 27.0 Å². The number of aromatic nitrogens is 1. The standard InChI is InChI=1S/C16H20N2O3/c1-16(2,3)13(15(20)21)17-14(19)11-9-18(4)12-8-6-5-7-10(11)12/h5-9,13H,1-4H3,(H,17,19)(H,20,21). The first-order chi connectivity index (χ1) is 9.71. The van der Waals surface area contributed by atoms with Crippen molar-refractivity contribution in [2.75, 3.05) is 0 Å². The minimum atomic E-state index is -1.03. The lowest BCUT2D eigenvalue weighted by Gasteiger charge is -2.27. The fourth-order valence-electron chi connectivity index (χ4n) is 2.38. The molecular weight excluding hydrogens is 268 g/mol. The topological polar surface area (TPSA) is 71.3 Å². The zero-order valence-electron chi connectivity index (χ0n) is 12.7. The summed E-state index contributed by atoms with van der Waals surface area (Å²) in [6.45, 7) is 5.36. The second-order valence-corrected chi connectivity index (χ2v) is 6.28. The molecule has 2 N–H and O–H groups in total. The van der Waals surface area contributed by atoms with Crippen LogP contribution in [-0.2, 0) is 11.8 Å². The Labute approximate surface area is 123 Å². The van der Waals surface area contributed by atoms with Crippen molar-refractivity contribution in [3.63, 3.8) is 0 Å². The Morgan fingerprint density at radius 1 is 1.24 bits per heavy atom. The predicted molar refractivity (Wildman–Crippen MR) is 81.3 cm³/mol. The molecule has 0 aliphatic carbocycles. The maximum Gasteiger partial charge on any atom is 0.326 e. The van der Waals surface area contributed by atoms with E-state index in [0.717, 1.165) is 10.9 Å². The van der Waals surface area contributed by atoms with Crippen LogP contribution in [0.15, 0.2) is 30.5 Å². The Bertz CT molecular complexity index is 695. The number of fused-ring (bicyclic) bond motifs is 1. The van der Waals surface area contributed by atoms with Crippen LogP contribution in [0.1, 0.15) is 31.1 Å². The van der Waals surface area contributed by atoms with Crippen LogP contribution in [0, 0.1) is 5.41 Å². The van der Waals surface area contributed by atoms with Gasteiger partial charge in [-0.25, -0.2) is 4.79 Å². The number of hydrogen-bond acceptors (Lipinski definition) is 2. The van der Waals surface area contributed by atoms with Gasteiger partial charge in [0, 0.05) is 24.1 Å². The summed E-state index contributed by atoms with van der Waals surface area (Å²) in [5, 5.41) is 12.7. The quantitative estimate of drug-likeness (QED) is 0.911. The molecular formula is C16H20N2O3. The third kappa shape index (κ3) is 2.91. The third-order valence-corrected chi connectivity index (χ3v) is 3.53. The van der Waals surface area contributed by atoms with Crippen molar-refractivity contribution < 1.29 is 14.7 Å². The van der Waals surface area contributed by atoms with E-state index >= 15 is 0 Å². The monoisotopic (exact) mass is 288 g/mol. The first-order valence-electron chi connectivity index (χ1n) is 6.79. The van der Waals surface area contributed by atoms with Crippen molar-refractivity contribution in [1.29, 1.82) is 0 Å². The van der Waals surface area contributed by atoms with E-state index < -0.39 is 17.4 Å². The summed E-state index contributed by atoms with van der Waals surface area (Å²) in [7, 11) is 1.86. The second-order valence-electron chi connectivity index (χ2n) is 6.28. The van der Waals surface area contributed by atoms with Crippen molar-refractivity contribution in [3.8, 4) is 0 Å². The Morgan fingerprint density at radius 2 is 1.86 bits per heavy atom. The molecule has 0 fully saturated rings. The van der Waals surface area contributed by atoms with E-state index in [0.29, 0.717) is 5.56 Å². The number of carbonyl (C=O) groups is 2. The van der Waals surface area contributed by atoms with Crippen LogP contribution in [0.25, 0.3) is 10.9 Å². The van der Waals surface area contributed by atoms with Crippen LogP contribution in [0.3, 0.4) is 0 Å². The molecule has 0 spiro atoms. The molecule has 1 atom stereocenters. The molecule has 112 valence electrons. The number of hydrogen-bond donors (Lipinski definition) is 2. The Morgan fingerprint density at radius 3 is 2.43 bits per heavy atom. The Balaban J connectivity index is 2.37. The molecule has 21 heavy (non-hydrogen) atoms. The van der Waals surface area contributed by atoms with E-state index in [9.17, 15) is 14.7 Å². The number of aryl methyl sites for hydroxylation is 1. The van der Waals surface area contributed by atoms with Gasteiger partial charge >= 0.3 is 5.97 Å². The summed E-state index contributed by atoms with van der Waals surface area (Å²) in [5.41, 5.74) is 0.861. The van der Waals surface area contributed by atoms with Gasteiger partial charge in [0.25, 0.3) is 5.91 Å². The molecule has 1 unspecified atom stereocenters. The number of carboxylic acid groups (broad SMARTS) is 1. The maximum atomic E-state index is 12.4. The van der Waals surface area contributed by atoms with Gasteiger partial charge in [-0.1, -0.05) is 39.0 Å². The molecule has 1 aromatic heterocycles. The van der Waals surface area contributed by atoms with Crippen molar-refractivity contribution in [2.45, 2.75) is 26.8 Å². The Kier molecular flexibility index (Phi) is 3.77. The van der Waals surface area contributed by atoms with Gasteiger partial charge in [-0.2, -0.15) is 0 Å². The van der Waals surface area contributed by atoms with E-state index in [2.05, 4.69) is 5.32 Å². The van der Waals surface area contributed by atoms with E-state index in [1.807, 2.05) is 35.9 Å². The molecule has 0 saturated carbocycles. The van der Waals surface area contributed by atoms with Crippen LogP contribution in [-0.4, -0.2) is 27.6 Å². The third-order valence-electron chi connectivity index (χ3n) is 3.53. The summed E-state index contributed by atoms with van der Waals surface area (Å²) in [5.74, 6) is -1.40. The van der Waals surface area contributed by atoms with Gasteiger partial charge in [0.2, 0.25) is 0 Å². The summed E-state index contributed by atoms with van der Waals surface area (Å²) in [4.78, 5) is 23.8. The number of para-hydroxylation sites is 1. The van der Waals surface area contributed by atoms with Crippen LogP contribution < -0.4 is 5.32 Å². The summed E-state index contributed by atoms with van der Waals surface area (Å²) >= 11 is 0. The normalized spacial score (nSPS) is 13.1. The highest BCUT2D eigenvalue weighted by atomic mass is 16.4. The average molecular weight is 288 g/mol. The number of nitrogens with zero attached hydrogens (tertiary/aromatic N) is 1. The molecule has 1 amide bonds. The minimum Gasteiger partial charge on any atom is -0.480 e. The van der Waals surface area contributed by atoms with Gasteiger partial charge in [-0.05, 0) is 11.5 Å². The number of amides is 1. The smallest absolute Gasteiger partial charge is 0.326 e. The molecule has 1 aromatic carbocycles. The number of rotatable bonds is 3. The van der Waals surface area contributed by atoms with Crippen LogP contribution in [0.2, 0.25) is 0 Å². The van der Waals surface area contributed by atoms with E-state index in [1.165, 1.54) is 0 Å². The lowest BCUT2D eigenvalue weighted by atomic mass is 9.86. The zero-order chi connectivity index (χ0) is 15.8. The minimum absolute atomic E-state index is 0.367. The van der Waals surface area contributed by atoms with Crippen molar-refractivity contribution in [1.82, 2.24) is 9.88 Å². The highest BCUT2D eigenvalue weighted by Crippen LogP contribution is 2.23. The number of carbonyl (C=O) groups excluding carboxylic acids is 1. The molecule has 0 aliphatic heterocycles. The fraction of sp³-hybridized carbons (Fsp3) is 0.375. The van der Waals surface area contributed by atoms with Gasteiger partial charge in [-0.15, -0.1) is 0 Å². The van der Waals surface area contributed by atoms with Crippen molar-refractivity contribution in [2.24, 2.45) is 12.5 Å². The predicted octanol–water partition coefficient (Wildman–Crippen LogP) is 2.41. The first-order valence-corrected chi connectivity index (χ1v) is 6.79. The van der Waals surface area contributed by atoms with Crippen molar-refractivity contribution in [3.05, 3.63) is 36.0 Å². The largest absolute Gasteiger partial charge is 0.480 e. The average Bonchev–Trinajstić information content (AvgIpc) is 2.72. The van der Waals surface area contributed by atoms with Gasteiger partial charge in [0.1, 0.15) is 6.04 Å². The lowest BCUT2D eigenvalue weighted by molar-refractivity contribution is -0.142. The second kappa shape index (κ2) is 5.24. The number of nitrogens with one attached hydrogen (secondary N) is 1. The van der Waals surface area contributed by atoms with Gasteiger partial charge in [0.05, 0.1) is 5.56 Å². The molecule has 2 rings (SSSR count). The molecule has 5 heteroatoms. The summed E-state index contributed by atoms with van der Waals surface area (Å²) in [6.07, 6.45) is 1.72. The molecule has 0 saturated heterocycles. The maximum absolute atomic E-state index is 12.4. The lowest BCUT2D eigenvalue weighted by Crippen LogP contribution is -2.49. The van der Waals surface area contributed by atoms with Gasteiger partial charge < -0.3 is 15.0 Å². The van der Waals surface area contributed by atoms with Crippen LogP contribution in [0.5, 0.6) is 0 Å². The van der Waals surface area contributed by atoms with E-state index in [-0.39, 0.29) is 5.91 Å². The SMILES string of the molecule is Cn1cc(C(=O)NC(C(=O)O)C(C)(C)C)c2ccccc21. The molecule has 0 bridgehead atoms. The van der Waals surface area contributed by atoms with Crippen LogP contribution in [0.4, 0.5) is 0 Å². The Hall–Kier alpha value is -2.30. The molecule has 0 radical (unpaired) electrons. The molecule has 1 heterocycles. The van der Waals surface area contributed by atoms with Gasteiger partial charge in [0.15, 0.2) is 0 Å². The molecule has 2 aromatic rings. The number of carboxylic acids is 1. The molecule has 0 aliphatic rings. The van der Waals surface area contributed by atoms with Crippen LogP contribution >= 0.6 is 0 Å². The summed E-state index contributed by atoms with van der Waals surface area (Å²) in [6, 6.07) is 6.60. The first kappa shape index (κ1) is 15.1. The number of benzene rings is 1. The molecule has 5 nitrogen and oxygen atoms in total. The highest BCUT2D eigenvalue weighted by molar-refractivity contribution is 6.07. The van der Waals surface area contributed by atoms with E-state index in [4.69, 9.17) is 0 Å². The fourth-order valence-corrected chi connectivity index (χ4v) is 2.38.